The molecule has 1 fully saturated rings. The molecule has 0 aromatic heterocycles. The van der Waals surface area contributed by atoms with Crippen LogP contribution >= 0.6 is 0 Å². The molecule has 1 aliphatic heterocycles. The molecule has 0 bridgehead atoms. The third kappa shape index (κ3) is 1.01. The van der Waals surface area contributed by atoms with Crippen molar-refractivity contribution in [3.05, 3.63) is 35.5 Å². The van der Waals surface area contributed by atoms with E-state index >= 15 is 0 Å². The molecule has 78 valence electrons. The van der Waals surface area contributed by atoms with Gasteiger partial charge in [-0.3, -0.25) is 0 Å². The third-order valence-corrected chi connectivity index (χ3v) is 3.44. The molecule has 0 aromatic rings. The average molecular weight is 204 g/mol. The maximum absolute atomic E-state index is 11.3. The van der Waals surface area contributed by atoms with Crippen molar-refractivity contribution in [2.75, 3.05) is 0 Å². The van der Waals surface area contributed by atoms with Gasteiger partial charge in [0.15, 0.2) is 5.60 Å². The van der Waals surface area contributed by atoms with Crippen LogP contribution in [0.5, 0.6) is 0 Å². The Morgan fingerprint density at radius 3 is 3.20 bits per heavy atom. The van der Waals surface area contributed by atoms with Crippen molar-refractivity contribution in [3.63, 3.8) is 0 Å². The van der Waals surface area contributed by atoms with Crippen LogP contribution in [-0.2, 0) is 9.53 Å². The van der Waals surface area contributed by atoms with Gasteiger partial charge in [-0.1, -0.05) is 24.3 Å². The first-order chi connectivity index (χ1) is 7.24. The number of carboxylic acids is 1. The minimum atomic E-state index is -1.01. The van der Waals surface area contributed by atoms with Crippen LogP contribution in [0.15, 0.2) is 35.5 Å². The van der Waals surface area contributed by atoms with E-state index in [0.717, 1.165) is 24.0 Å². The van der Waals surface area contributed by atoms with Crippen molar-refractivity contribution in [1.29, 1.82) is 0 Å². The number of allylic oxidation sites excluding steroid dienone is 2. The quantitative estimate of drug-likeness (QED) is 0.708. The number of hydrogen-bond acceptors (Lipinski definition) is 2. The highest BCUT2D eigenvalue weighted by Crippen LogP contribution is 2.48. The fourth-order valence-corrected chi connectivity index (χ4v) is 2.78. The smallest absolute Gasteiger partial charge is 0.340 e. The summed E-state index contributed by atoms with van der Waals surface area (Å²) in [6.45, 7) is 0. The first-order valence-electron chi connectivity index (χ1n) is 5.24. The van der Waals surface area contributed by atoms with Gasteiger partial charge in [-0.05, 0) is 30.4 Å². The van der Waals surface area contributed by atoms with Crippen molar-refractivity contribution in [1.82, 2.24) is 0 Å². The summed E-state index contributed by atoms with van der Waals surface area (Å²) in [5, 5.41) is 9.31. The molecule has 0 radical (unpaired) electrons. The van der Waals surface area contributed by atoms with Gasteiger partial charge in [0.2, 0.25) is 0 Å². The third-order valence-electron chi connectivity index (χ3n) is 3.44. The summed E-state index contributed by atoms with van der Waals surface area (Å²) >= 11 is 0. The van der Waals surface area contributed by atoms with Crippen LogP contribution in [0, 0.1) is 0 Å². The zero-order chi connectivity index (χ0) is 10.5. The maximum Gasteiger partial charge on any atom is 0.340 e. The summed E-state index contributed by atoms with van der Waals surface area (Å²) in [5.41, 5.74) is 1.04. The first kappa shape index (κ1) is 8.92. The van der Waals surface area contributed by atoms with Gasteiger partial charge in [-0.2, -0.15) is 0 Å². The Kier molecular flexibility index (Phi) is 1.68. The molecule has 0 spiro atoms. The van der Waals surface area contributed by atoms with Crippen molar-refractivity contribution in [3.8, 4) is 0 Å². The van der Waals surface area contributed by atoms with Gasteiger partial charge in [0.25, 0.3) is 0 Å². The maximum atomic E-state index is 11.3. The minimum absolute atomic E-state index is 0.138. The van der Waals surface area contributed by atoms with E-state index in [1.807, 2.05) is 24.3 Å². The molecule has 3 nitrogen and oxygen atoms in total. The monoisotopic (exact) mass is 204 g/mol. The molecule has 3 aliphatic rings. The molecule has 3 rings (SSSR count). The zero-order valence-corrected chi connectivity index (χ0v) is 8.27. The molecule has 3 heteroatoms. The SMILES string of the molecule is O=C(O)C12CCCC1=C1C=CC=CC1O2. The predicted octanol–water partition coefficient (Wildman–Crippen LogP) is 1.82. The van der Waals surface area contributed by atoms with Gasteiger partial charge in [0.1, 0.15) is 6.10 Å². The molecule has 1 heterocycles. The molecular formula is C12H12O3. The Bertz CT molecular complexity index is 417. The van der Waals surface area contributed by atoms with E-state index in [1.54, 1.807) is 0 Å². The average Bonchev–Trinajstić information content (AvgIpc) is 2.73. The minimum Gasteiger partial charge on any atom is -0.479 e. The molecule has 1 saturated carbocycles. The van der Waals surface area contributed by atoms with Crippen LogP contribution in [0.1, 0.15) is 19.3 Å². The van der Waals surface area contributed by atoms with E-state index in [9.17, 15) is 9.90 Å². The molecule has 0 amide bonds. The van der Waals surface area contributed by atoms with Gasteiger partial charge < -0.3 is 9.84 Å². The summed E-state index contributed by atoms with van der Waals surface area (Å²) < 4.78 is 5.73. The van der Waals surface area contributed by atoms with Crippen LogP contribution in [0.25, 0.3) is 0 Å². The molecule has 0 saturated heterocycles. The van der Waals surface area contributed by atoms with E-state index in [-0.39, 0.29) is 6.10 Å². The zero-order valence-electron chi connectivity index (χ0n) is 8.27. The lowest BCUT2D eigenvalue weighted by molar-refractivity contribution is -0.159. The van der Waals surface area contributed by atoms with Gasteiger partial charge in [0.05, 0.1) is 0 Å². The molecule has 1 N–H and O–H groups in total. The second-order valence-corrected chi connectivity index (χ2v) is 4.20. The second-order valence-electron chi connectivity index (χ2n) is 4.20. The normalized spacial score (nSPS) is 36.9. The molecular weight excluding hydrogens is 192 g/mol. The van der Waals surface area contributed by atoms with Crippen molar-refractivity contribution in [2.24, 2.45) is 0 Å². The Balaban J connectivity index is 2.14. The predicted molar refractivity (Wildman–Crippen MR) is 54.4 cm³/mol. The summed E-state index contributed by atoms with van der Waals surface area (Å²) in [4.78, 5) is 11.3. The lowest BCUT2D eigenvalue weighted by Crippen LogP contribution is -2.38. The molecule has 0 aromatic carbocycles. The number of aliphatic carboxylic acids is 1. The van der Waals surface area contributed by atoms with Crippen molar-refractivity contribution in [2.45, 2.75) is 31.0 Å². The van der Waals surface area contributed by atoms with Crippen molar-refractivity contribution < 1.29 is 14.6 Å². The van der Waals surface area contributed by atoms with Gasteiger partial charge in [-0.15, -0.1) is 0 Å². The number of rotatable bonds is 1. The fourth-order valence-electron chi connectivity index (χ4n) is 2.78. The summed E-state index contributed by atoms with van der Waals surface area (Å²) in [5.74, 6) is -0.835. The Morgan fingerprint density at radius 1 is 1.53 bits per heavy atom. The van der Waals surface area contributed by atoms with Crippen LogP contribution in [0.3, 0.4) is 0 Å². The summed E-state index contributed by atoms with van der Waals surface area (Å²) in [6.07, 6.45) is 10.00. The second kappa shape index (κ2) is 2.83. The fraction of sp³-hybridized carbons (Fsp3) is 0.417. The number of carbonyl (C=O) groups is 1. The van der Waals surface area contributed by atoms with Crippen LogP contribution in [0.4, 0.5) is 0 Å². The number of hydrogen-bond donors (Lipinski definition) is 1. The number of fused-ring (bicyclic) bond motifs is 2. The highest BCUT2D eigenvalue weighted by Gasteiger charge is 2.54. The van der Waals surface area contributed by atoms with E-state index < -0.39 is 11.6 Å². The largest absolute Gasteiger partial charge is 0.479 e. The van der Waals surface area contributed by atoms with Gasteiger partial charge >= 0.3 is 5.97 Å². The number of carboxylic acid groups (broad SMARTS) is 1. The number of ether oxygens (including phenoxy) is 1. The Labute approximate surface area is 87.7 Å². The van der Waals surface area contributed by atoms with Crippen LogP contribution < -0.4 is 0 Å². The molecule has 2 atom stereocenters. The molecule has 2 aliphatic carbocycles. The van der Waals surface area contributed by atoms with Crippen molar-refractivity contribution >= 4 is 5.97 Å². The Morgan fingerprint density at radius 2 is 2.40 bits per heavy atom. The summed E-state index contributed by atoms with van der Waals surface area (Å²) in [7, 11) is 0. The standard InChI is InChI=1S/C12H12O3/c13-11(14)12-7-3-5-9(12)8-4-1-2-6-10(8)15-12/h1-2,4,6,10H,3,5,7H2,(H,13,14). The van der Waals surface area contributed by atoms with Gasteiger partial charge in [-0.25, -0.2) is 4.79 Å². The highest BCUT2D eigenvalue weighted by molar-refractivity contribution is 5.84. The van der Waals surface area contributed by atoms with E-state index in [4.69, 9.17) is 4.74 Å². The lowest BCUT2D eigenvalue weighted by Gasteiger charge is -2.22. The van der Waals surface area contributed by atoms with E-state index in [2.05, 4.69) is 0 Å². The molecule has 15 heavy (non-hydrogen) atoms. The lowest BCUT2D eigenvalue weighted by atomic mass is 9.93. The van der Waals surface area contributed by atoms with E-state index in [1.165, 1.54) is 0 Å². The van der Waals surface area contributed by atoms with Crippen LogP contribution in [-0.4, -0.2) is 22.8 Å². The van der Waals surface area contributed by atoms with Crippen LogP contribution in [0.2, 0.25) is 0 Å². The Hall–Kier alpha value is -1.35. The summed E-state index contributed by atoms with van der Waals surface area (Å²) in [6, 6.07) is 0. The highest BCUT2D eigenvalue weighted by atomic mass is 16.5. The van der Waals surface area contributed by atoms with E-state index in [0.29, 0.717) is 6.42 Å². The first-order valence-corrected chi connectivity index (χ1v) is 5.24. The molecule has 2 unspecified atom stereocenters. The topological polar surface area (TPSA) is 46.5 Å². The van der Waals surface area contributed by atoms with Gasteiger partial charge in [0, 0.05) is 0 Å².